The first-order chi connectivity index (χ1) is 8.43. The molecular weight excluding hydrogens is 240 g/mol. The van der Waals surface area contributed by atoms with Gasteiger partial charge in [-0.2, -0.15) is 0 Å². The van der Waals surface area contributed by atoms with Crippen molar-refractivity contribution in [3.05, 3.63) is 23.8 Å². The average Bonchev–Trinajstić information content (AvgIpc) is 2.29. The van der Waals surface area contributed by atoms with Gasteiger partial charge in [-0.05, 0) is 18.2 Å². The van der Waals surface area contributed by atoms with Crippen LogP contribution in [0.4, 0.5) is 0 Å². The first-order valence-electron chi connectivity index (χ1n) is 4.93. The summed E-state index contributed by atoms with van der Waals surface area (Å²) in [6.45, 7) is 2.42. The first-order valence-corrected chi connectivity index (χ1v) is 4.93. The van der Waals surface area contributed by atoms with E-state index in [0.717, 1.165) is 0 Å². The summed E-state index contributed by atoms with van der Waals surface area (Å²) < 4.78 is 9.73. The van der Waals surface area contributed by atoms with E-state index < -0.39 is 11.9 Å². The van der Waals surface area contributed by atoms with Crippen LogP contribution in [0.3, 0.4) is 0 Å². The molecule has 0 aliphatic heterocycles. The number of nitrogens with zero attached hydrogens (tertiary/aromatic N) is 1. The molecule has 0 aliphatic carbocycles. The highest BCUT2D eigenvalue weighted by atomic mass is 16.6. The minimum Gasteiger partial charge on any atom is -0.423 e. The zero-order chi connectivity index (χ0) is 13.7. The molecule has 0 atom stereocenters. The van der Waals surface area contributed by atoms with Gasteiger partial charge in [0.05, 0.1) is 0 Å². The van der Waals surface area contributed by atoms with Crippen molar-refractivity contribution in [3.8, 4) is 11.5 Å². The number of carbonyl (C=O) groups is 2. The minimum atomic E-state index is -0.583. The molecule has 0 amide bonds. The Balaban J connectivity index is 3.19. The van der Waals surface area contributed by atoms with Gasteiger partial charge in [0.1, 0.15) is 0 Å². The summed E-state index contributed by atoms with van der Waals surface area (Å²) in [4.78, 5) is 21.8. The summed E-state index contributed by atoms with van der Waals surface area (Å²) in [7, 11) is 0. The number of ether oxygens (including phenoxy) is 2. The van der Waals surface area contributed by atoms with Crippen LogP contribution in [-0.2, 0) is 9.59 Å². The van der Waals surface area contributed by atoms with Crippen LogP contribution in [0.25, 0.3) is 0 Å². The van der Waals surface area contributed by atoms with Crippen molar-refractivity contribution in [1.29, 1.82) is 0 Å². The number of carbonyl (C=O) groups excluding carboxylic acids is 2. The topological polar surface area (TPSA) is 111 Å². The van der Waals surface area contributed by atoms with Gasteiger partial charge >= 0.3 is 11.9 Å². The van der Waals surface area contributed by atoms with Gasteiger partial charge in [-0.15, -0.1) is 0 Å². The van der Waals surface area contributed by atoms with Crippen molar-refractivity contribution in [1.82, 2.24) is 0 Å². The molecule has 0 radical (unpaired) electrons. The Morgan fingerprint density at radius 1 is 1.17 bits per heavy atom. The Hall–Kier alpha value is -2.57. The summed E-state index contributed by atoms with van der Waals surface area (Å²) in [5.41, 5.74) is 5.72. The van der Waals surface area contributed by atoms with Crippen molar-refractivity contribution in [2.24, 2.45) is 10.9 Å². The van der Waals surface area contributed by atoms with Gasteiger partial charge in [0.2, 0.25) is 0 Å². The third-order valence-corrected chi connectivity index (χ3v) is 1.85. The number of oxime groups is 1. The Kier molecular flexibility index (Phi) is 4.25. The van der Waals surface area contributed by atoms with Gasteiger partial charge in [0.15, 0.2) is 17.3 Å². The lowest BCUT2D eigenvalue weighted by atomic mass is 10.2. The van der Waals surface area contributed by atoms with Gasteiger partial charge in [0.25, 0.3) is 0 Å². The molecule has 18 heavy (non-hydrogen) atoms. The predicted molar refractivity (Wildman–Crippen MR) is 61.6 cm³/mol. The normalized spacial score (nSPS) is 10.9. The fourth-order valence-electron chi connectivity index (χ4n) is 1.20. The predicted octanol–water partition coefficient (Wildman–Crippen LogP) is 0.632. The van der Waals surface area contributed by atoms with E-state index in [1.807, 2.05) is 0 Å². The maximum absolute atomic E-state index is 10.9. The fraction of sp³-hybridized carbons (Fsp3) is 0.182. The van der Waals surface area contributed by atoms with Crippen LogP contribution in [0, 0.1) is 0 Å². The zero-order valence-corrected chi connectivity index (χ0v) is 9.84. The summed E-state index contributed by atoms with van der Waals surface area (Å²) in [5.74, 6) is -1.20. The lowest BCUT2D eigenvalue weighted by molar-refractivity contribution is -0.134. The molecule has 0 spiro atoms. The highest BCUT2D eigenvalue weighted by molar-refractivity contribution is 5.97. The molecule has 0 heterocycles. The molecule has 96 valence electrons. The standard InChI is InChI=1S/C11H12N2O5/c1-6(14)17-9-4-3-8(11(12)13-16)5-10(9)18-7(2)15/h3-5,16H,1-2H3,(H2,12,13). The molecule has 1 rings (SSSR count). The maximum Gasteiger partial charge on any atom is 0.308 e. The summed E-state index contributed by atoms with van der Waals surface area (Å²) >= 11 is 0. The summed E-state index contributed by atoms with van der Waals surface area (Å²) in [5, 5.41) is 11.4. The minimum absolute atomic E-state index is 0.0156. The van der Waals surface area contributed by atoms with Crippen molar-refractivity contribution in [2.45, 2.75) is 13.8 Å². The molecule has 1 aromatic rings. The van der Waals surface area contributed by atoms with Crippen LogP contribution >= 0.6 is 0 Å². The summed E-state index contributed by atoms with van der Waals surface area (Å²) in [6, 6.07) is 4.17. The molecule has 0 aliphatic rings. The van der Waals surface area contributed by atoms with E-state index in [-0.39, 0.29) is 17.3 Å². The molecule has 0 bridgehead atoms. The van der Waals surface area contributed by atoms with E-state index in [9.17, 15) is 9.59 Å². The van der Waals surface area contributed by atoms with Crippen LogP contribution in [0.15, 0.2) is 23.4 Å². The number of esters is 2. The number of hydrogen-bond acceptors (Lipinski definition) is 6. The van der Waals surface area contributed by atoms with Gasteiger partial charge in [-0.1, -0.05) is 5.16 Å². The third kappa shape index (κ3) is 3.48. The van der Waals surface area contributed by atoms with Gasteiger partial charge in [-0.25, -0.2) is 0 Å². The van der Waals surface area contributed by atoms with E-state index >= 15 is 0 Å². The molecule has 1 aromatic carbocycles. The smallest absolute Gasteiger partial charge is 0.308 e. The molecule has 0 saturated carbocycles. The molecule has 7 nitrogen and oxygen atoms in total. The van der Waals surface area contributed by atoms with Crippen LogP contribution < -0.4 is 15.2 Å². The van der Waals surface area contributed by atoms with Crippen molar-refractivity contribution in [2.75, 3.05) is 0 Å². The second-order valence-corrected chi connectivity index (χ2v) is 3.33. The Morgan fingerprint density at radius 2 is 1.72 bits per heavy atom. The van der Waals surface area contributed by atoms with E-state index in [0.29, 0.717) is 5.56 Å². The van der Waals surface area contributed by atoms with Crippen LogP contribution in [0.2, 0.25) is 0 Å². The van der Waals surface area contributed by atoms with E-state index in [2.05, 4.69) is 5.16 Å². The maximum atomic E-state index is 10.9. The molecule has 7 heteroatoms. The number of hydrogen-bond donors (Lipinski definition) is 2. The Morgan fingerprint density at radius 3 is 2.22 bits per heavy atom. The SMILES string of the molecule is CC(=O)Oc1ccc(/C(N)=N\O)cc1OC(C)=O. The lowest BCUT2D eigenvalue weighted by Crippen LogP contribution is -2.14. The van der Waals surface area contributed by atoms with E-state index in [1.165, 1.54) is 32.0 Å². The summed E-state index contributed by atoms with van der Waals surface area (Å²) in [6.07, 6.45) is 0. The van der Waals surface area contributed by atoms with Crippen molar-refractivity contribution >= 4 is 17.8 Å². The van der Waals surface area contributed by atoms with E-state index in [4.69, 9.17) is 20.4 Å². The monoisotopic (exact) mass is 252 g/mol. The molecule has 0 aromatic heterocycles. The van der Waals surface area contributed by atoms with Gasteiger partial charge < -0.3 is 20.4 Å². The quantitative estimate of drug-likeness (QED) is 0.204. The first kappa shape index (κ1) is 13.5. The highest BCUT2D eigenvalue weighted by Crippen LogP contribution is 2.28. The second kappa shape index (κ2) is 5.67. The van der Waals surface area contributed by atoms with E-state index in [1.54, 1.807) is 0 Å². The number of nitrogens with two attached hydrogens (primary N) is 1. The molecule has 3 N–H and O–H groups in total. The second-order valence-electron chi connectivity index (χ2n) is 3.33. The number of amidine groups is 1. The average molecular weight is 252 g/mol. The van der Waals surface area contributed by atoms with Crippen molar-refractivity contribution in [3.63, 3.8) is 0 Å². The lowest BCUT2D eigenvalue weighted by Gasteiger charge is -2.09. The largest absolute Gasteiger partial charge is 0.423 e. The van der Waals surface area contributed by atoms with Crippen LogP contribution in [-0.4, -0.2) is 23.0 Å². The molecule has 0 unspecified atom stereocenters. The molecule has 0 fully saturated rings. The fourth-order valence-corrected chi connectivity index (χ4v) is 1.20. The third-order valence-electron chi connectivity index (χ3n) is 1.85. The van der Waals surface area contributed by atoms with Crippen LogP contribution in [0.5, 0.6) is 11.5 Å². The Labute approximate surface area is 103 Å². The van der Waals surface area contributed by atoms with Crippen molar-refractivity contribution < 1.29 is 24.3 Å². The number of rotatable bonds is 3. The van der Waals surface area contributed by atoms with Gasteiger partial charge in [-0.3, -0.25) is 9.59 Å². The van der Waals surface area contributed by atoms with Crippen LogP contribution in [0.1, 0.15) is 19.4 Å². The highest BCUT2D eigenvalue weighted by Gasteiger charge is 2.12. The number of benzene rings is 1. The van der Waals surface area contributed by atoms with Gasteiger partial charge in [0, 0.05) is 19.4 Å². The molecular formula is C11H12N2O5. The Bertz CT molecular complexity index is 510. The molecule has 0 saturated heterocycles. The zero-order valence-electron chi connectivity index (χ0n) is 9.84.